The van der Waals surface area contributed by atoms with Crippen LogP contribution in [0.25, 0.3) is 10.6 Å². The number of halogens is 1. The summed E-state index contributed by atoms with van der Waals surface area (Å²) >= 11 is 1.63. The van der Waals surface area contributed by atoms with Crippen molar-refractivity contribution >= 4 is 17.2 Å². The van der Waals surface area contributed by atoms with Crippen LogP contribution in [0.2, 0.25) is 0 Å². The lowest BCUT2D eigenvalue weighted by Crippen LogP contribution is -2.30. The van der Waals surface area contributed by atoms with Crippen LogP contribution < -0.4 is 10.6 Å². The Labute approximate surface area is 157 Å². The van der Waals surface area contributed by atoms with Crippen LogP contribution in [0.1, 0.15) is 48.7 Å². The number of thiazole rings is 1. The van der Waals surface area contributed by atoms with Gasteiger partial charge in [0.1, 0.15) is 10.8 Å². The van der Waals surface area contributed by atoms with Gasteiger partial charge in [0.15, 0.2) is 0 Å². The molecule has 2 aliphatic rings. The van der Waals surface area contributed by atoms with E-state index in [1.807, 2.05) is 0 Å². The summed E-state index contributed by atoms with van der Waals surface area (Å²) in [5, 5.41) is 7.48. The van der Waals surface area contributed by atoms with E-state index in [0.29, 0.717) is 12.3 Å². The average Bonchev–Trinajstić information content (AvgIpc) is 3.31. The van der Waals surface area contributed by atoms with E-state index < -0.39 is 0 Å². The molecule has 1 amide bonds. The first kappa shape index (κ1) is 17.6. The van der Waals surface area contributed by atoms with Gasteiger partial charge >= 0.3 is 0 Å². The van der Waals surface area contributed by atoms with E-state index >= 15 is 0 Å². The monoisotopic (exact) mass is 373 g/mol. The summed E-state index contributed by atoms with van der Waals surface area (Å²) in [6.45, 7) is 2.11. The smallest absolute Gasteiger partial charge is 0.220 e. The number of fused-ring (bicyclic) bond motifs is 1. The minimum absolute atomic E-state index is 0.0691. The normalized spacial score (nSPS) is 22.2. The second-order valence-electron chi connectivity index (χ2n) is 7.25. The SMILES string of the molecule is O=C(CCC1CCNC1)NC1CCCc2nc(-c3ccc(F)cc3)sc21. The van der Waals surface area contributed by atoms with E-state index in [9.17, 15) is 9.18 Å². The average molecular weight is 373 g/mol. The molecule has 1 aliphatic carbocycles. The maximum atomic E-state index is 13.2. The fourth-order valence-corrected chi connectivity index (χ4v) is 5.04. The predicted octanol–water partition coefficient (Wildman–Crippen LogP) is 3.83. The molecule has 0 radical (unpaired) electrons. The van der Waals surface area contributed by atoms with Crippen LogP contribution >= 0.6 is 11.3 Å². The van der Waals surface area contributed by atoms with Gasteiger partial charge in [-0.1, -0.05) is 0 Å². The van der Waals surface area contributed by atoms with Gasteiger partial charge in [0, 0.05) is 12.0 Å². The first-order valence-corrected chi connectivity index (χ1v) is 10.3. The zero-order valence-electron chi connectivity index (χ0n) is 14.8. The number of aryl methyl sites for hydroxylation is 1. The van der Waals surface area contributed by atoms with Crippen molar-refractivity contribution in [3.63, 3.8) is 0 Å². The Kier molecular flexibility index (Phi) is 5.31. The Morgan fingerprint density at radius 1 is 1.31 bits per heavy atom. The molecule has 138 valence electrons. The minimum Gasteiger partial charge on any atom is -0.348 e. The van der Waals surface area contributed by atoms with Gasteiger partial charge in [-0.15, -0.1) is 11.3 Å². The number of carbonyl (C=O) groups is 1. The van der Waals surface area contributed by atoms with Crippen LogP contribution in [0.5, 0.6) is 0 Å². The van der Waals surface area contributed by atoms with Crippen molar-refractivity contribution in [2.45, 2.75) is 44.6 Å². The lowest BCUT2D eigenvalue weighted by atomic mass is 9.97. The summed E-state index contributed by atoms with van der Waals surface area (Å²) in [5.74, 6) is 0.542. The number of nitrogens with one attached hydrogen (secondary N) is 2. The van der Waals surface area contributed by atoms with E-state index in [1.165, 1.54) is 23.4 Å². The van der Waals surface area contributed by atoms with Crippen molar-refractivity contribution in [2.75, 3.05) is 13.1 Å². The first-order chi connectivity index (χ1) is 12.7. The number of benzene rings is 1. The highest BCUT2D eigenvalue weighted by Gasteiger charge is 2.26. The molecule has 2 atom stereocenters. The molecular formula is C20H24FN3OS. The van der Waals surface area contributed by atoms with E-state index in [1.54, 1.807) is 23.5 Å². The summed E-state index contributed by atoms with van der Waals surface area (Å²) in [7, 11) is 0. The lowest BCUT2D eigenvalue weighted by Gasteiger charge is -2.22. The third kappa shape index (κ3) is 3.96. The van der Waals surface area contributed by atoms with Crippen LogP contribution in [0.15, 0.2) is 24.3 Å². The zero-order valence-corrected chi connectivity index (χ0v) is 15.6. The number of rotatable bonds is 5. The largest absolute Gasteiger partial charge is 0.348 e. The van der Waals surface area contributed by atoms with E-state index in [-0.39, 0.29) is 17.8 Å². The van der Waals surface area contributed by atoms with Crippen LogP contribution in [-0.4, -0.2) is 24.0 Å². The molecule has 2 aromatic rings. The van der Waals surface area contributed by atoms with Gasteiger partial charge in [-0.25, -0.2) is 9.37 Å². The molecule has 1 aliphatic heterocycles. The molecule has 26 heavy (non-hydrogen) atoms. The van der Waals surface area contributed by atoms with Crippen molar-refractivity contribution < 1.29 is 9.18 Å². The molecule has 6 heteroatoms. The number of nitrogens with zero attached hydrogens (tertiary/aromatic N) is 1. The van der Waals surface area contributed by atoms with E-state index in [2.05, 4.69) is 10.6 Å². The molecule has 1 aromatic carbocycles. The predicted molar refractivity (Wildman–Crippen MR) is 102 cm³/mol. The van der Waals surface area contributed by atoms with Crippen molar-refractivity contribution in [1.82, 2.24) is 15.6 Å². The molecule has 0 saturated carbocycles. The third-order valence-electron chi connectivity index (χ3n) is 5.32. The number of amides is 1. The Morgan fingerprint density at radius 2 is 2.15 bits per heavy atom. The second-order valence-corrected chi connectivity index (χ2v) is 8.28. The molecule has 4 rings (SSSR count). The van der Waals surface area contributed by atoms with Gasteiger partial charge in [-0.2, -0.15) is 0 Å². The number of aromatic nitrogens is 1. The number of hydrogen-bond donors (Lipinski definition) is 2. The van der Waals surface area contributed by atoms with Gasteiger partial charge in [0.05, 0.1) is 16.6 Å². The van der Waals surface area contributed by atoms with E-state index in [0.717, 1.165) is 55.0 Å². The summed E-state index contributed by atoms with van der Waals surface area (Å²) in [6.07, 6.45) is 5.69. The summed E-state index contributed by atoms with van der Waals surface area (Å²) in [4.78, 5) is 18.3. The third-order valence-corrected chi connectivity index (χ3v) is 6.58. The summed E-state index contributed by atoms with van der Waals surface area (Å²) in [6, 6.07) is 6.53. The fraction of sp³-hybridized carbons (Fsp3) is 0.500. The maximum absolute atomic E-state index is 13.2. The molecule has 2 unspecified atom stereocenters. The summed E-state index contributed by atoms with van der Waals surface area (Å²) in [5.41, 5.74) is 2.02. The van der Waals surface area contributed by atoms with Gasteiger partial charge < -0.3 is 10.6 Å². The zero-order chi connectivity index (χ0) is 17.9. The molecule has 4 nitrogen and oxygen atoms in total. The van der Waals surface area contributed by atoms with Gasteiger partial charge in [0.2, 0.25) is 5.91 Å². The van der Waals surface area contributed by atoms with Crippen LogP contribution in [0, 0.1) is 11.7 Å². The van der Waals surface area contributed by atoms with Crippen LogP contribution in [0.3, 0.4) is 0 Å². The number of carbonyl (C=O) groups excluding carboxylic acids is 1. The molecule has 1 fully saturated rings. The summed E-state index contributed by atoms with van der Waals surface area (Å²) < 4.78 is 13.2. The van der Waals surface area contributed by atoms with Gasteiger partial charge in [-0.3, -0.25) is 4.79 Å². The standard InChI is InChI=1S/C20H24FN3OS/c21-15-7-5-14(6-8-15)20-24-17-3-1-2-16(19(17)26-20)23-18(25)9-4-13-10-11-22-12-13/h5-8,13,16,22H,1-4,9-12H2,(H,23,25). The Hall–Kier alpha value is -1.79. The van der Waals surface area contributed by atoms with Crippen LogP contribution in [0.4, 0.5) is 4.39 Å². The molecule has 1 aromatic heterocycles. The molecular weight excluding hydrogens is 349 g/mol. The van der Waals surface area contributed by atoms with Crippen molar-refractivity contribution in [2.24, 2.45) is 5.92 Å². The molecule has 0 spiro atoms. The first-order valence-electron chi connectivity index (χ1n) is 9.44. The molecule has 2 N–H and O–H groups in total. The van der Waals surface area contributed by atoms with Gasteiger partial charge in [0.25, 0.3) is 0 Å². The maximum Gasteiger partial charge on any atom is 0.220 e. The highest BCUT2D eigenvalue weighted by Crippen LogP contribution is 2.38. The molecule has 1 saturated heterocycles. The topological polar surface area (TPSA) is 54.0 Å². The number of hydrogen-bond acceptors (Lipinski definition) is 4. The van der Waals surface area contributed by atoms with Crippen molar-refractivity contribution in [1.29, 1.82) is 0 Å². The Balaban J connectivity index is 1.43. The highest BCUT2D eigenvalue weighted by molar-refractivity contribution is 7.15. The second kappa shape index (κ2) is 7.84. The van der Waals surface area contributed by atoms with Gasteiger partial charge in [-0.05, 0) is 75.4 Å². The van der Waals surface area contributed by atoms with Crippen LogP contribution in [-0.2, 0) is 11.2 Å². The Morgan fingerprint density at radius 3 is 2.92 bits per heavy atom. The quantitative estimate of drug-likeness (QED) is 0.837. The Bertz CT molecular complexity index is 768. The molecule has 2 heterocycles. The van der Waals surface area contributed by atoms with E-state index in [4.69, 9.17) is 4.98 Å². The van der Waals surface area contributed by atoms with Crippen molar-refractivity contribution in [3.8, 4) is 10.6 Å². The van der Waals surface area contributed by atoms with Crippen molar-refractivity contribution in [3.05, 3.63) is 40.7 Å². The fourth-order valence-electron chi connectivity index (χ4n) is 3.84. The lowest BCUT2D eigenvalue weighted by molar-refractivity contribution is -0.122. The highest BCUT2D eigenvalue weighted by atomic mass is 32.1. The minimum atomic E-state index is -0.238. The molecule has 0 bridgehead atoms.